The van der Waals surface area contributed by atoms with Crippen LogP contribution >= 0.6 is 0 Å². The predicted octanol–water partition coefficient (Wildman–Crippen LogP) is 5.25. The molecule has 3 aromatic rings. The first-order chi connectivity index (χ1) is 15.8. The van der Waals surface area contributed by atoms with Gasteiger partial charge in [-0.05, 0) is 47.5 Å². The third-order valence-corrected chi connectivity index (χ3v) is 5.96. The van der Waals surface area contributed by atoms with E-state index in [1.807, 2.05) is 42.5 Å². The van der Waals surface area contributed by atoms with Gasteiger partial charge in [0.1, 0.15) is 35.1 Å². The van der Waals surface area contributed by atoms with E-state index in [0.29, 0.717) is 30.0 Å². The van der Waals surface area contributed by atoms with E-state index in [9.17, 15) is 4.79 Å². The molecule has 1 amide bonds. The minimum Gasteiger partial charge on any atom is -0.490 e. The smallest absolute Gasteiger partial charge is 0.404 e. The Morgan fingerprint density at radius 1 is 1.00 bits per heavy atom. The van der Waals surface area contributed by atoms with E-state index in [-0.39, 0.29) is 17.6 Å². The predicted molar refractivity (Wildman–Crippen MR) is 123 cm³/mol. The van der Waals surface area contributed by atoms with Crippen LogP contribution in [0, 0.1) is 11.3 Å². The van der Waals surface area contributed by atoms with Crippen LogP contribution in [0.25, 0.3) is 0 Å². The van der Waals surface area contributed by atoms with Gasteiger partial charge in [0.05, 0.1) is 6.20 Å². The molecule has 168 valence electrons. The zero-order chi connectivity index (χ0) is 23.4. The number of pyridine rings is 1. The number of amides is 1. The summed E-state index contributed by atoms with van der Waals surface area (Å²) in [6.45, 7) is 4.33. The van der Waals surface area contributed by atoms with Crippen molar-refractivity contribution in [3.8, 4) is 23.3 Å². The average Bonchev–Trinajstić information content (AvgIpc) is 2.78. The molecule has 2 N–H and O–H groups in total. The number of rotatable bonds is 7. The molecule has 1 aliphatic rings. The molecular weight excluding hydrogens is 418 g/mol. The number of nitrogens with zero attached hydrogens (tertiary/aromatic N) is 2. The average molecular weight is 444 g/mol. The molecule has 0 atom stereocenters. The normalized spacial score (nSPS) is 17.4. The van der Waals surface area contributed by atoms with E-state index in [2.05, 4.69) is 36.3 Å². The van der Waals surface area contributed by atoms with Crippen LogP contribution in [-0.4, -0.2) is 28.3 Å². The van der Waals surface area contributed by atoms with Gasteiger partial charge in [0.2, 0.25) is 0 Å². The number of nitriles is 1. The highest BCUT2D eigenvalue weighted by molar-refractivity contribution is 5.65. The van der Waals surface area contributed by atoms with Gasteiger partial charge in [0.15, 0.2) is 0 Å². The zero-order valence-electron chi connectivity index (χ0n) is 18.5. The molecule has 0 radical (unpaired) electrons. The van der Waals surface area contributed by atoms with Crippen LogP contribution in [-0.2, 0) is 5.41 Å². The summed E-state index contributed by atoms with van der Waals surface area (Å²) in [5, 5.41) is 20.1. The highest BCUT2D eigenvalue weighted by Crippen LogP contribution is 2.34. The molecule has 7 nitrogen and oxygen atoms in total. The highest BCUT2D eigenvalue weighted by Gasteiger charge is 2.32. The van der Waals surface area contributed by atoms with Crippen LogP contribution in [0.4, 0.5) is 4.79 Å². The maximum absolute atomic E-state index is 10.7. The number of hydrogen-bond acceptors (Lipinski definition) is 5. The Morgan fingerprint density at radius 3 is 2.09 bits per heavy atom. The topological polar surface area (TPSA) is 104 Å². The summed E-state index contributed by atoms with van der Waals surface area (Å²) in [5.41, 5.74) is 2.42. The number of carbonyl (C=O) groups is 1. The molecule has 33 heavy (non-hydrogen) atoms. The Bertz CT molecular complexity index is 1140. The van der Waals surface area contributed by atoms with E-state index in [1.165, 1.54) is 6.20 Å². The Labute approximate surface area is 192 Å². The van der Waals surface area contributed by atoms with Crippen molar-refractivity contribution in [2.24, 2.45) is 0 Å². The number of carboxylic acid groups (broad SMARTS) is 1. The number of hydrogen-bond donors (Lipinski definition) is 2. The lowest BCUT2D eigenvalue weighted by atomic mass is 9.78. The van der Waals surface area contributed by atoms with E-state index in [4.69, 9.17) is 19.8 Å². The van der Waals surface area contributed by atoms with Crippen molar-refractivity contribution in [1.82, 2.24) is 10.3 Å². The second-order valence-electron chi connectivity index (χ2n) is 8.62. The van der Waals surface area contributed by atoms with E-state index in [0.717, 1.165) is 16.9 Å². The molecule has 0 saturated heterocycles. The zero-order valence-corrected chi connectivity index (χ0v) is 18.5. The van der Waals surface area contributed by atoms with Crippen LogP contribution in [0.3, 0.4) is 0 Å². The fourth-order valence-corrected chi connectivity index (χ4v) is 3.85. The lowest BCUT2D eigenvalue weighted by Crippen LogP contribution is -2.48. The molecule has 1 aromatic heterocycles. The first kappa shape index (κ1) is 22.2. The van der Waals surface area contributed by atoms with Crippen molar-refractivity contribution in [1.29, 1.82) is 5.26 Å². The molecule has 0 spiro atoms. The van der Waals surface area contributed by atoms with Gasteiger partial charge in [0, 0.05) is 24.3 Å². The fourth-order valence-electron chi connectivity index (χ4n) is 3.85. The third kappa shape index (κ3) is 5.24. The van der Waals surface area contributed by atoms with Crippen LogP contribution in [0.1, 0.15) is 43.5 Å². The molecular formula is C26H25N3O4. The minimum atomic E-state index is -0.990. The molecule has 4 rings (SSSR count). The van der Waals surface area contributed by atoms with E-state index < -0.39 is 6.09 Å². The second kappa shape index (κ2) is 9.21. The van der Waals surface area contributed by atoms with Crippen molar-refractivity contribution >= 4 is 6.09 Å². The van der Waals surface area contributed by atoms with Crippen LogP contribution in [0.2, 0.25) is 0 Å². The first-order valence-corrected chi connectivity index (χ1v) is 10.7. The molecule has 1 fully saturated rings. The van der Waals surface area contributed by atoms with E-state index >= 15 is 0 Å². The molecule has 1 saturated carbocycles. The van der Waals surface area contributed by atoms with Crippen molar-refractivity contribution in [3.05, 3.63) is 83.7 Å². The maximum Gasteiger partial charge on any atom is 0.404 e. The van der Waals surface area contributed by atoms with Crippen molar-refractivity contribution in [2.75, 3.05) is 0 Å². The summed E-state index contributed by atoms with van der Waals surface area (Å²) in [6, 6.07) is 21.3. The largest absolute Gasteiger partial charge is 0.490 e. The summed E-state index contributed by atoms with van der Waals surface area (Å²) in [5.74, 6) is 2.06. The lowest BCUT2D eigenvalue weighted by Gasteiger charge is -2.35. The van der Waals surface area contributed by atoms with Gasteiger partial charge < -0.3 is 19.9 Å². The second-order valence-corrected chi connectivity index (χ2v) is 8.62. The summed E-state index contributed by atoms with van der Waals surface area (Å²) in [7, 11) is 0. The fraction of sp³-hybridized carbons (Fsp3) is 0.269. The number of benzene rings is 2. The Hall–Kier alpha value is -4.05. The third-order valence-electron chi connectivity index (χ3n) is 5.96. The molecule has 1 aliphatic carbocycles. The van der Waals surface area contributed by atoms with Crippen LogP contribution < -0.4 is 14.8 Å². The molecule has 2 aromatic carbocycles. The Morgan fingerprint density at radius 2 is 1.58 bits per heavy atom. The Kier molecular flexibility index (Phi) is 6.18. The number of ether oxygens (including phenoxy) is 2. The molecule has 0 aliphatic heterocycles. The molecule has 0 bridgehead atoms. The van der Waals surface area contributed by atoms with Crippen LogP contribution in [0.5, 0.6) is 17.2 Å². The van der Waals surface area contributed by atoms with Crippen LogP contribution in [0.15, 0.2) is 66.9 Å². The summed E-state index contributed by atoms with van der Waals surface area (Å²) >= 11 is 0. The van der Waals surface area contributed by atoms with Gasteiger partial charge in [-0.25, -0.2) is 9.78 Å². The van der Waals surface area contributed by atoms with E-state index in [1.54, 1.807) is 12.1 Å². The van der Waals surface area contributed by atoms with Gasteiger partial charge in [-0.2, -0.15) is 5.26 Å². The van der Waals surface area contributed by atoms with Gasteiger partial charge in [0.25, 0.3) is 0 Å². The molecule has 0 unspecified atom stereocenters. The summed E-state index contributed by atoms with van der Waals surface area (Å²) in [4.78, 5) is 14.7. The summed E-state index contributed by atoms with van der Waals surface area (Å²) < 4.78 is 11.8. The number of aromatic nitrogens is 1. The van der Waals surface area contributed by atoms with Gasteiger partial charge in [-0.3, -0.25) is 0 Å². The van der Waals surface area contributed by atoms with Crippen molar-refractivity contribution in [2.45, 2.75) is 44.2 Å². The Balaban J connectivity index is 1.37. The monoisotopic (exact) mass is 443 g/mol. The SMILES string of the molecule is CC(C)(c1ccc(Oc2ccc(C#N)nc2)cc1)c1ccc(OC2CC(NC(=O)O)C2)cc1. The molecule has 1 heterocycles. The lowest BCUT2D eigenvalue weighted by molar-refractivity contribution is 0.0833. The van der Waals surface area contributed by atoms with Gasteiger partial charge in [-0.15, -0.1) is 0 Å². The number of nitrogens with one attached hydrogen (secondary N) is 1. The highest BCUT2D eigenvalue weighted by atomic mass is 16.5. The first-order valence-electron chi connectivity index (χ1n) is 10.7. The van der Waals surface area contributed by atoms with Crippen molar-refractivity contribution in [3.63, 3.8) is 0 Å². The standard InChI is InChI=1S/C26H25N3O4/c1-26(2,17-3-8-21(9-4-17)32-23-12-7-19(15-27)28-16-23)18-5-10-22(11-6-18)33-24-13-20(14-24)29-25(30)31/h3-12,16,20,24,29H,13-14H2,1-2H3,(H,30,31). The van der Waals surface area contributed by atoms with Gasteiger partial charge in [-0.1, -0.05) is 38.1 Å². The summed E-state index contributed by atoms with van der Waals surface area (Å²) in [6.07, 6.45) is 1.96. The minimum absolute atomic E-state index is 0.0224. The maximum atomic E-state index is 10.7. The quantitative estimate of drug-likeness (QED) is 0.517. The van der Waals surface area contributed by atoms with Gasteiger partial charge >= 0.3 is 6.09 Å². The van der Waals surface area contributed by atoms with Crippen molar-refractivity contribution < 1.29 is 19.4 Å². The molecule has 7 heteroatoms.